The minimum Gasteiger partial charge on any atom is -0.372 e. The van der Waals surface area contributed by atoms with Gasteiger partial charge in [0, 0.05) is 30.3 Å². The maximum absolute atomic E-state index is 10.8. The molecule has 1 aromatic rings. The molecular formula is C16H22N4O. The normalized spacial score (nSPS) is 42.2. The smallest absolute Gasteiger partial charge is 0.183 e. The molecule has 112 valence electrons. The first-order valence-corrected chi connectivity index (χ1v) is 7.56. The van der Waals surface area contributed by atoms with Crippen molar-refractivity contribution in [2.24, 2.45) is 0 Å². The molecule has 2 fully saturated rings. The Kier molecular flexibility index (Phi) is 2.36. The van der Waals surface area contributed by atoms with Crippen LogP contribution in [0.15, 0.2) is 37.0 Å². The maximum atomic E-state index is 10.8. The minimum atomic E-state index is -0.645. The third-order valence-corrected chi connectivity index (χ3v) is 5.79. The predicted molar refractivity (Wildman–Crippen MR) is 80.1 cm³/mol. The summed E-state index contributed by atoms with van der Waals surface area (Å²) >= 11 is 0. The molecule has 5 heteroatoms. The van der Waals surface area contributed by atoms with Gasteiger partial charge in [0.2, 0.25) is 0 Å². The zero-order valence-corrected chi connectivity index (χ0v) is 12.8. The molecule has 0 radical (unpaired) electrons. The summed E-state index contributed by atoms with van der Waals surface area (Å²) in [5.41, 5.74) is 3.16. The van der Waals surface area contributed by atoms with Crippen LogP contribution >= 0.6 is 0 Å². The van der Waals surface area contributed by atoms with Crippen molar-refractivity contribution in [2.45, 2.75) is 57.2 Å². The Morgan fingerprint density at radius 1 is 1.33 bits per heavy atom. The third kappa shape index (κ3) is 1.23. The molecule has 0 amide bonds. The van der Waals surface area contributed by atoms with Gasteiger partial charge in [0.15, 0.2) is 12.0 Å². The van der Waals surface area contributed by atoms with E-state index in [-0.39, 0.29) is 12.1 Å². The van der Waals surface area contributed by atoms with Gasteiger partial charge in [-0.05, 0) is 19.4 Å². The molecule has 3 aliphatic rings. The predicted octanol–water partition coefficient (Wildman–Crippen LogP) is 1.80. The first-order valence-electron chi connectivity index (χ1n) is 7.56. The van der Waals surface area contributed by atoms with Crippen LogP contribution in [0, 0.1) is 0 Å². The van der Waals surface area contributed by atoms with Gasteiger partial charge in [0.1, 0.15) is 0 Å². The largest absolute Gasteiger partial charge is 0.372 e. The second-order valence-electron chi connectivity index (χ2n) is 6.65. The molecule has 2 saturated heterocycles. The van der Waals surface area contributed by atoms with Crippen LogP contribution < -0.4 is 0 Å². The highest BCUT2D eigenvalue weighted by Gasteiger charge is 2.64. The number of aromatic nitrogens is 2. The van der Waals surface area contributed by atoms with Crippen molar-refractivity contribution in [1.29, 1.82) is 0 Å². The van der Waals surface area contributed by atoms with Gasteiger partial charge in [-0.2, -0.15) is 0 Å². The lowest BCUT2D eigenvalue weighted by Gasteiger charge is -2.50. The Hall–Kier alpha value is -1.59. The lowest BCUT2D eigenvalue weighted by Crippen LogP contribution is -2.61. The Labute approximate surface area is 125 Å². The topological polar surface area (TPSA) is 44.5 Å². The lowest BCUT2D eigenvalue weighted by molar-refractivity contribution is -0.130. The van der Waals surface area contributed by atoms with Gasteiger partial charge in [-0.15, -0.1) is 0 Å². The standard InChI is InChI=1S/C16H22N4O/c1-9-6-16-18-8-17-7-14(18)10(2)12(4)20(16)15(21)13(5)19(16)11(9)3/h7-8,10-12,15,21H,1,5-6H2,2-4H3. The van der Waals surface area contributed by atoms with Crippen LogP contribution in [0.5, 0.6) is 0 Å². The van der Waals surface area contributed by atoms with Crippen molar-refractivity contribution in [2.75, 3.05) is 0 Å². The van der Waals surface area contributed by atoms with Crippen molar-refractivity contribution < 1.29 is 5.11 Å². The summed E-state index contributed by atoms with van der Waals surface area (Å²) in [5.74, 6) is -0.116. The van der Waals surface area contributed by atoms with Crippen LogP contribution in [-0.4, -0.2) is 42.8 Å². The van der Waals surface area contributed by atoms with Crippen molar-refractivity contribution in [3.05, 3.63) is 42.6 Å². The molecule has 1 spiro atoms. The number of nitrogens with zero attached hydrogens (tertiary/aromatic N) is 4. The maximum Gasteiger partial charge on any atom is 0.183 e. The molecule has 1 N–H and O–H groups in total. The van der Waals surface area contributed by atoms with E-state index in [1.807, 2.05) is 12.5 Å². The monoisotopic (exact) mass is 286 g/mol. The summed E-state index contributed by atoms with van der Waals surface area (Å²) in [6.45, 7) is 14.9. The highest BCUT2D eigenvalue weighted by Crippen LogP contribution is 2.56. The summed E-state index contributed by atoms with van der Waals surface area (Å²) in [5, 5.41) is 10.8. The van der Waals surface area contributed by atoms with Crippen molar-refractivity contribution in [1.82, 2.24) is 19.4 Å². The Balaban J connectivity index is 2.02. The molecule has 21 heavy (non-hydrogen) atoms. The van der Waals surface area contributed by atoms with Gasteiger partial charge >= 0.3 is 0 Å². The van der Waals surface area contributed by atoms with E-state index in [0.29, 0.717) is 5.92 Å². The second-order valence-corrected chi connectivity index (χ2v) is 6.65. The van der Waals surface area contributed by atoms with E-state index >= 15 is 0 Å². The van der Waals surface area contributed by atoms with E-state index in [1.54, 1.807) is 0 Å². The Morgan fingerprint density at radius 2 is 2.05 bits per heavy atom. The van der Waals surface area contributed by atoms with E-state index in [2.05, 4.69) is 53.3 Å². The number of hydrogen-bond acceptors (Lipinski definition) is 4. The van der Waals surface area contributed by atoms with E-state index in [0.717, 1.165) is 12.1 Å². The first kappa shape index (κ1) is 13.1. The van der Waals surface area contributed by atoms with Gasteiger partial charge in [-0.25, -0.2) is 9.88 Å². The number of aliphatic hydroxyl groups is 1. The van der Waals surface area contributed by atoms with Gasteiger partial charge in [0.05, 0.1) is 18.1 Å². The fraction of sp³-hybridized carbons (Fsp3) is 0.562. The Bertz CT molecular complexity index is 650. The Morgan fingerprint density at radius 3 is 2.76 bits per heavy atom. The highest BCUT2D eigenvalue weighted by atomic mass is 16.3. The second kappa shape index (κ2) is 3.78. The summed E-state index contributed by atoms with van der Waals surface area (Å²) in [4.78, 5) is 8.79. The number of aliphatic hydroxyl groups excluding tert-OH is 1. The molecule has 5 nitrogen and oxygen atoms in total. The molecule has 0 aliphatic carbocycles. The first-order chi connectivity index (χ1) is 9.91. The van der Waals surface area contributed by atoms with Crippen LogP contribution in [0.2, 0.25) is 0 Å². The zero-order valence-electron chi connectivity index (χ0n) is 12.8. The molecular weight excluding hydrogens is 264 g/mol. The van der Waals surface area contributed by atoms with Gasteiger partial charge in [0.25, 0.3) is 0 Å². The third-order valence-electron chi connectivity index (χ3n) is 5.79. The van der Waals surface area contributed by atoms with Gasteiger partial charge in [-0.1, -0.05) is 20.1 Å². The summed E-state index contributed by atoms with van der Waals surface area (Å²) in [6.07, 6.45) is 3.98. The lowest BCUT2D eigenvalue weighted by atomic mass is 9.92. The van der Waals surface area contributed by atoms with E-state index in [1.165, 1.54) is 11.3 Å². The highest BCUT2D eigenvalue weighted by molar-refractivity contribution is 5.33. The van der Waals surface area contributed by atoms with Crippen LogP contribution in [0.4, 0.5) is 0 Å². The number of rotatable bonds is 0. The van der Waals surface area contributed by atoms with Crippen LogP contribution in [0.1, 0.15) is 38.8 Å². The van der Waals surface area contributed by atoms with Gasteiger partial charge in [-0.3, -0.25) is 4.57 Å². The molecule has 0 saturated carbocycles. The quantitative estimate of drug-likeness (QED) is 0.739. The fourth-order valence-corrected chi connectivity index (χ4v) is 4.51. The zero-order chi connectivity index (χ0) is 15.1. The average molecular weight is 286 g/mol. The van der Waals surface area contributed by atoms with Gasteiger partial charge < -0.3 is 10.0 Å². The fourth-order valence-electron chi connectivity index (χ4n) is 4.51. The van der Waals surface area contributed by atoms with Crippen molar-refractivity contribution in [3.63, 3.8) is 0 Å². The van der Waals surface area contributed by atoms with Crippen molar-refractivity contribution >= 4 is 0 Å². The minimum absolute atomic E-state index is 0.174. The molecule has 0 bridgehead atoms. The average Bonchev–Trinajstić information content (AvgIpc) is 3.07. The summed E-state index contributed by atoms with van der Waals surface area (Å²) in [6, 6.07) is 0.386. The number of hydrogen-bond donors (Lipinski definition) is 1. The molecule has 3 aliphatic heterocycles. The molecule has 1 aromatic heterocycles. The van der Waals surface area contributed by atoms with Crippen molar-refractivity contribution in [3.8, 4) is 0 Å². The SMILES string of the molecule is C=C1CC23N(C(=C)C(O)N2C(C)C(C)c2cncn23)C1C. The molecule has 5 unspecified atom stereocenters. The molecule has 0 aromatic carbocycles. The molecule has 5 atom stereocenters. The molecule has 4 rings (SSSR count). The van der Waals surface area contributed by atoms with Crippen LogP contribution in [0.25, 0.3) is 0 Å². The molecule has 4 heterocycles. The summed E-state index contributed by atoms with van der Waals surface area (Å²) < 4.78 is 2.22. The number of fused-ring (bicyclic) bond motifs is 1. The van der Waals surface area contributed by atoms with Crippen LogP contribution in [0.3, 0.4) is 0 Å². The summed E-state index contributed by atoms with van der Waals surface area (Å²) in [7, 11) is 0. The number of imidazole rings is 1. The van der Waals surface area contributed by atoms with E-state index < -0.39 is 12.0 Å². The van der Waals surface area contributed by atoms with Crippen LogP contribution in [-0.2, 0) is 5.79 Å². The van der Waals surface area contributed by atoms with E-state index in [4.69, 9.17) is 0 Å². The van der Waals surface area contributed by atoms with E-state index in [9.17, 15) is 5.11 Å².